The number of fused-ring (bicyclic) bond motifs is 6. The van der Waals surface area contributed by atoms with Gasteiger partial charge < -0.3 is 9.47 Å². The van der Waals surface area contributed by atoms with Gasteiger partial charge in [0.05, 0.1) is 5.41 Å². The normalized spacial score (nSPS) is 14.8. The number of ether oxygens (including phenoxy) is 2. The summed E-state index contributed by atoms with van der Waals surface area (Å²) in [5.41, 5.74) is 10.3. The molecule has 0 N–H and O–H groups in total. The van der Waals surface area contributed by atoms with Gasteiger partial charge in [-0.05, 0) is 67.8 Å². The van der Waals surface area contributed by atoms with Crippen molar-refractivity contribution in [1.82, 2.24) is 0 Å². The van der Waals surface area contributed by atoms with E-state index >= 15 is 0 Å². The number of carbonyl (C=O) groups is 2. The molecule has 0 fully saturated rings. The number of carbonyl (C=O) groups excluding carboxylic acids is 2. The van der Waals surface area contributed by atoms with Crippen LogP contribution < -0.4 is 0 Å². The maximum Gasteiger partial charge on any atom is 0.330 e. The fourth-order valence-corrected chi connectivity index (χ4v) is 6.38. The molecule has 198 valence electrons. The van der Waals surface area contributed by atoms with Crippen molar-refractivity contribution in [2.24, 2.45) is 0 Å². The molecular weight excluding hydrogens is 496 g/mol. The molecule has 0 radical (unpaired) electrons. The minimum Gasteiger partial charge on any atom is -0.461 e. The van der Waals surface area contributed by atoms with E-state index in [4.69, 9.17) is 9.47 Å². The van der Waals surface area contributed by atoms with Crippen molar-refractivity contribution in [2.45, 2.75) is 24.7 Å². The van der Waals surface area contributed by atoms with Crippen molar-refractivity contribution < 1.29 is 19.1 Å². The Labute approximate surface area is 234 Å². The summed E-state index contributed by atoms with van der Waals surface area (Å²) in [6.07, 6.45) is 2.29. The van der Waals surface area contributed by atoms with Crippen molar-refractivity contribution in [3.8, 4) is 33.4 Å². The quantitative estimate of drug-likeness (QED) is 0.186. The van der Waals surface area contributed by atoms with Gasteiger partial charge in [0.1, 0.15) is 13.2 Å². The Morgan fingerprint density at radius 2 is 1.07 bits per heavy atom. The van der Waals surface area contributed by atoms with Crippen LogP contribution in [0.4, 0.5) is 0 Å². The lowest BCUT2D eigenvalue weighted by molar-refractivity contribution is -0.143. The topological polar surface area (TPSA) is 52.6 Å². The summed E-state index contributed by atoms with van der Waals surface area (Å²) in [6, 6.07) is 29.7. The Morgan fingerprint density at radius 1 is 0.625 bits per heavy atom. The molecule has 0 aliphatic heterocycles. The molecule has 4 aromatic rings. The van der Waals surface area contributed by atoms with Crippen molar-refractivity contribution in [1.29, 1.82) is 0 Å². The van der Waals surface area contributed by atoms with Crippen LogP contribution in [0, 0.1) is 0 Å². The summed E-state index contributed by atoms with van der Waals surface area (Å²) in [7, 11) is 0. The standard InChI is InChI=1S/C36H30O4/c1-5-33(37)39-21-36(22-40-34(38)6-2)30-14-10-8-12-26(30)28-18-16-24(20-32(28)36)23-15-17-27-25-11-7-9-13-29(25)35(3,4)31(27)19-23/h5-20H,1-2,21-22H2,3-4H3. The first-order chi connectivity index (χ1) is 19.3. The van der Waals surface area contributed by atoms with Crippen LogP contribution in [0.5, 0.6) is 0 Å². The Balaban J connectivity index is 1.50. The van der Waals surface area contributed by atoms with Gasteiger partial charge in [0.15, 0.2) is 0 Å². The fourth-order valence-electron chi connectivity index (χ4n) is 6.38. The van der Waals surface area contributed by atoms with Crippen LogP contribution in [0.15, 0.2) is 110 Å². The van der Waals surface area contributed by atoms with E-state index < -0.39 is 17.4 Å². The average molecular weight is 527 g/mol. The highest BCUT2D eigenvalue weighted by Gasteiger charge is 2.46. The third kappa shape index (κ3) is 3.83. The molecular formula is C36H30O4. The molecule has 0 unspecified atom stereocenters. The lowest BCUT2D eigenvalue weighted by atomic mass is 9.78. The van der Waals surface area contributed by atoms with Crippen LogP contribution in [0.1, 0.15) is 36.1 Å². The predicted molar refractivity (Wildman–Crippen MR) is 158 cm³/mol. The highest BCUT2D eigenvalue weighted by atomic mass is 16.5. The zero-order chi connectivity index (χ0) is 28.1. The van der Waals surface area contributed by atoms with Gasteiger partial charge in [-0.2, -0.15) is 0 Å². The van der Waals surface area contributed by atoms with Crippen LogP contribution in [0.3, 0.4) is 0 Å². The first-order valence-electron chi connectivity index (χ1n) is 13.4. The maximum atomic E-state index is 12.2. The summed E-state index contributed by atoms with van der Waals surface area (Å²) >= 11 is 0. The van der Waals surface area contributed by atoms with E-state index in [-0.39, 0.29) is 18.6 Å². The van der Waals surface area contributed by atoms with Crippen LogP contribution >= 0.6 is 0 Å². The van der Waals surface area contributed by atoms with E-state index in [9.17, 15) is 9.59 Å². The Morgan fingerprint density at radius 3 is 1.65 bits per heavy atom. The number of rotatable bonds is 7. The number of hydrogen-bond donors (Lipinski definition) is 0. The SMILES string of the molecule is C=CC(=O)OCC1(COC(=O)C=C)c2ccccc2-c2ccc(-c3ccc4c(c3)C(C)(C)c3ccccc3-4)cc21. The van der Waals surface area contributed by atoms with Crippen molar-refractivity contribution in [3.05, 3.63) is 132 Å². The summed E-state index contributed by atoms with van der Waals surface area (Å²) in [4.78, 5) is 24.4. The van der Waals surface area contributed by atoms with Crippen LogP contribution in [-0.2, 0) is 29.9 Å². The maximum absolute atomic E-state index is 12.2. The Hall–Kier alpha value is -4.70. The monoisotopic (exact) mass is 526 g/mol. The minimum atomic E-state index is -0.883. The second-order valence-electron chi connectivity index (χ2n) is 10.9. The Kier molecular flexibility index (Phi) is 6.07. The number of esters is 2. The van der Waals surface area contributed by atoms with Gasteiger partial charge in [0.25, 0.3) is 0 Å². The second-order valence-corrected chi connectivity index (χ2v) is 10.9. The van der Waals surface area contributed by atoms with E-state index in [0.29, 0.717) is 0 Å². The van der Waals surface area contributed by atoms with Gasteiger partial charge in [0.2, 0.25) is 0 Å². The molecule has 4 aromatic carbocycles. The molecule has 4 nitrogen and oxygen atoms in total. The van der Waals surface area contributed by atoms with Crippen LogP contribution in [0.2, 0.25) is 0 Å². The number of hydrogen-bond acceptors (Lipinski definition) is 4. The molecule has 0 bridgehead atoms. The molecule has 0 saturated carbocycles. The lowest BCUT2D eigenvalue weighted by Crippen LogP contribution is -2.38. The molecule has 0 saturated heterocycles. The van der Waals surface area contributed by atoms with E-state index in [0.717, 1.165) is 45.5 Å². The smallest absolute Gasteiger partial charge is 0.330 e. The molecule has 0 heterocycles. The van der Waals surface area contributed by atoms with E-state index in [1.165, 1.54) is 22.3 Å². The fraction of sp³-hybridized carbons (Fsp3) is 0.167. The molecule has 0 atom stereocenters. The summed E-state index contributed by atoms with van der Waals surface area (Å²) < 4.78 is 11.3. The third-order valence-corrected chi connectivity index (χ3v) is 8.44. The Bertz CT molecular complexity index is 1680. The third-order valence-electron chi connectivity index (χ3n) is 8.44. The molecule has 0 amide bonds. The zero-order valence-corrected chi connectivity index (χ0v) is 22.7. The van der Waals surface area contributed by atoms with Gasteiger partial charge in [-0.15, -0.1) is 0 Å². The van der Waals surface area contributed by atoms with Crippen LogP contribution in [-0.4, -0.2) is 25.2 Å². The minimum absolute atomic E-state index is 0.00225. The second kappa shape index (κ2) is 9.49. The molecule has 6 rings (SSSR count). The number of benzene rings is 4. The molecule has 0 spiro atoms. The van der Waals surface area contributed by atoms with Crippen molar-refractivity contribution in [2.75, 3.05) is 13.2 Å². The predicted octanol–water partition coefficient (Wildman–Crippen LogP) is 7.38. The van der Waals surface area contributed by atoms with Crippen molar-refractivity contribution in [3.63, 3.8) is 0 Å². The van der Waals surface area contributed by atoms with Gasteiger partial charge in [0, 0.05) is 17.6 Å². The first-order valence-corrected chi connectivity index (χ1v) is 13.4. The lowest BCUT2D eigenvalue weighted by Gasteiger charge is -2.31. The molecule has 4 heteroatoms. The molecule has 0 aromatic heterocycles. The zero-order valence-electron chi connectivity index (χ0n) is 22.7. The first kappa shape index (κ1) is 25.6. The van der Waals surface area contributed by atoms with Crippen LogP contribution in [0.25, 0.3) is 33.4 Å². The van der Waals surface area contributed by atoms with E-state index in [1.54, 1.807) is 0 Å². The van der Waals surface area contributed by atoms with Gasteiger partial charge >= 0.3 is 11.9 Å². The van der Waals surface area contributed by atoms with Crippen molar-refractivity contribution >= 4 is 11.9 Å². The highest BCUT2D eigenvalue weighted by Crippen LogP contribution is 2.52. The molecule has 40 heavy (non-hydrogen) atoms. The highest BCUT2D eigenvalue weighted by molar-refractivity contribution is 5.88. The average Bonchev–Trinajstić information content (AvgIpc) is 3.40. The van der Waals surface area contributed by atoms with Gasteiger partial charge in [-0.25, -0.2) is 9.59 Å². The summed E-state index contributed by atoms with van der Waals surface area (Å²) in [6.45, 7) is 11.6. The van der Waals surface area contributed by atoms with E-state index in [1.807, 2.05) is 18.2 Å². The summed E-state index contributed by atoms with van der Waals surface area (Å²) in [5, 5.41) is 0. The largest absolute Gasteiger partial charge is 0.461 e. The molecule has 2 aliphatic rings. The van der Waals surface area contributed by atoms with Gasteiger partial charge in [-0.1, -0.05) is 99.8 Å². The van der Waals surface area contributed by atoms with E-state index in [2.05, 4.69) is 93.7 Å². The summed E-state index contributed by atoms with van der Waals surface area (Å²) in [5.74, 6) is -1.06. The van der Waals surface area contributed by atoms with Gasteiger partial charge in [-0.3, -0.25) is 0 Å². The molecule has 2 aliphatic carbocycles.